The standard InChI is InChI=1S/C25H30BF2IN2O2/c1-6-20-15(3)24-23(18-8-10-19(29)11-9-18)25-16(4)21(7-2)22(14-33-13-12-32)31(25)26(27,28)30(24)17(20)5/h8-11,32H,6-7,12-14H2,1-5H3. The molecule has 0 unspecified atom stereocenters. The molecular formula is C25H30BF2IN2O2. The van der Waals surface area contributed by atoms with E-state index in [4.69, 9.17) is 4.74 Å². The molecule has 2 aliphatic heterocycles. The van der Waals surface area contributed by atoms with Crippen LogP contribution in [-0.2, 0) is 11.2 Å². The van der Waals surface area contributed by atoms with Crippen LogP contribution < -0.4 is 0 Å². The van der Waals surface area contributed by atoms with Gasteiger partial charge >= 0.3 is 6.97 Å². The number of hydrogen-bond donors (Lipinski definition) is 1. The van der Waals surface area contributed by atoms with Crippen molar-refractivity contribution in [2.75, 3.05) is 19.8 Å². The molecule has 176 valence electrons. The highest BCUT2D eigenvalue weighted by molar-refractivity contribution is 14.1. The van der Waals surface area contributed by atoms with Crippen LogP contribution in [0.3, 0.4) is 0 Å². The average molecular weight is 566 g/mol. The first-order valence-electron chi connectivity index (χ1n) is 11.5. The van der Waals surface area contributed by atoms with E-state index in [1.54, 1.807) is 6.92 Å². The van der Waals surface area contributed by atoms with Crippen molar-refractivity contribution in [2.24, 2.45) is 0 Å². The molecule has 0 amide bonds. The Morgan fingerprint density at radius 3 is 2.33 bits per heavy atom. The summed E-state index contributed by atoms with van der Waals surface area (Å²) in [5.74, 6) is 0. The molecule has 0 atom stereocenters. The van der Waals surface area contributed by atoms with Crippen LogP contribution in [0.1, 0.15) is 55.3 Å². The van der Waals surface area contributed by atoms with E-state index in [-0.39, 0.29) is 19.8 Å². The average Bonchev–Trinajstić information content (AvgIpc) is 3.21. The summed E-state index contributed by atoms with van der Waals surface area (Å²) in [6, 6.07) is 8.09. The van der Waals surface area contributed by atoms with Gasteiger partial charge in [0.05, 0.1) is 18.8 Å². The lowest BCUT2D eigenvalue weighted by Crippen LogP contribution is -2.52. The van der Waals surface area contributed by atoms with Crippen LogP contribution >= 0.6 is 22.6 Å². The van der Waals surface area contributed by atoms with Crippen molar-refractivity contribution in [2.45, 2.75) is 47.5 Å². The van der Waals surface area contributed by atoms with Crippen LogP contribution in [-0.4, -0.2) is 46.6 Å². The minimum Gasteiger partial charge on any atom is -0.394 e. The molecule has 1 aromatic carbocycles. The molecule has 1 N–H and O–H groups in total. The van der Waals surface area contributed by atoms with Crippen molar-refractivity contribution < 1.29 is 23.0 Å². The highest BCUT2D eigenvalue weighted by Crippen LogP contribution is 2.47. The molecule has 0 spiro atoms. The molecule has 0 fully saturated rings. The normalized spacial score (nSPS) is 17.2. The number of fused-ring (bicyclic) bond motifs is 2. The minimum atomic E-state index is -4.12. The summed E-state index contributed by atoms with van der Waals surface area (Å²) in [6.07, 6.45) is 1.33. The molecule has 2 aromatic rings. The van der Waals surface area contributed by atoms with Crippen molar-refractivity contribution in [3.8, 4) is 0 Å². The van der Waals surface area contributed by atoms with Gasteiger partial charge in [-0.15, -0.1) is 0 Å². The van der Waals surface area contributed by atoms with Gasteiger partial charge in [0.25, 0.3) is 0 Å². The Bertz CT molecular complexity index is 1210. The van der Waals surface area contributed by atoms with E-state index in [9.17, 15) is 5.11 Å². The van der Waals surface area contributed by atoms with Gasteiger partial charge in [0.2, 0.25) is 0 Å². The predicted molar refractivity (Wildman–Crippen MR) is 138 cm³/mol. The van der Waals surface area contributed by atoms with E-state index in [2.05, 4.69) is 22.6 Å². The van der Waals surface area contributed by atoms with Crippen LogP contribution in [0.15, 0.2) is 41.1 Å². The molecule has 2 aliphatic rings. The van der Waals surface area contributed by atoms with Crippen LogP contribution in [0.4, 0.5) is 8.63 Å². The van der Waals surface area contributed by atoms with Gasteiger partial charge in [-0.3, -0.25) is 0 Å². The molecule has 1 aromatic heterocycles. The largest absolute Gasteiger partial charge is 0.737 e. The van der Waals surface area contributed by atoms with Crippen LogP contribution in [0.25, 0.3) is 5.57 Å². The quantitative estimate of drug-likeness (QED) is 0.275. The van der Waals surface area contributed by atoms with Crippen molar-refractivity contribution in [3.05, 3.63) is 72.8 Å². The zero-order valence-electron chi connectivity index (χ0n) is 19.8. The van der Waals surface area contributed by atoms with E-state index < -0.39 is 6.97 Å². The Balaban J connectivity index is 2.14. The van der Waals surface area contributed by atoms with Crippen molar-refractivity contribution in [1.29, 1.82) is 0 Å². The van der Waals surface area contributed by atoms with E-state index in [1.165, 1.54) is 8.96 Å². The molecule has 0 saturated heterocycles. The first-order chi connectivity index (χ1) is 15.7. The first-order valence-corrected chi connectivity index (χ1v) is 12.6. The van der Waals surface area contributed by atoms with Crippen molar-refractivity contribution in [1.82, 2.24) is 4.48 Å². The van der Waals surface area contributed by atoms with Crippen LogP contribution in [0.2, 0.25) is 0 Å². The lowest BCUT2D eigenvalue weighted by Gasteiger charge is -2.34. The summed E-state index contributed by atoms with van der Waals surface area (Å²) in [6.45, 7) is 5.62. The second-order valence-electron chi connectivity index (χ2n) is 8.63. The zero-order chi connectivity index (χ0) is 24.1. The number of halogens is 3. The third-order valence-corrected chi connectivity index (χ3v) is 7.66. The number of aliphatic hydroxyl groups is 1. The van der Waals surface area contributed by atoms with Gasteiger partial charge in [-0.2, -0.15) is 0 Å². The topological polar surface area (TPSA) is 37.4 Å². The van der Waals surface area contributed by atoms with Gasteiger partial charge in [0, 0.05) is 20.4 Å². The monoisotopic (exact) mass is 566 g/mol. The van der Waals surface area contributed by atoms with Gasteiger partial charge in [-0.1, -0.05) is 26.0 Å². The maximum atomic E-state index is 16.5. The molecular weight excluding hydrogens is 536 g/mol. The number of hydrogen-bond acceptors (Lipinski definition) is 2. The highest BCUT2D eigenvalue weighted by Gasteiger charge is 2.57. The second kappa shape index (κ2) is 9.11. The third kappa shape index (κ3) is 3.65. The van der Waals surface area contributed by atoms with Crippen molar-refractivity contribution in [3.63, 3.8) is 0 Å². The van der Waals surface area contributed by atoms with Gasteiger partial charge in [-0.05, 0) is 90.7 Å². The molecule has 4 nitrogen and oxygen atoms in total. The number of benzene rings is 1. The van der Waals surface area contributed by atoms with Gasteiger partial charge in [0.1, 0.15) is 6.61 Å². The Morgan fingerprint density at radius 2 is 1.76 bits per heavy atom. The molecule has 0 aliphatic carbocycles. The summed E-state index contributed by atoms with van der Waals surface area (Å²) in [7, 11) is 0. The smallest absolute Gasteiger partial charge is 0.394 e. The van der Waals surface area contributed by atoms with E-state index in [0.29, 0.717) is 35.6 Å². The highest BCUT2D eigenvalue weighted by atomic mass is 127. The molecule has 4 rings (SSSR count). The molecule has 0 radical (unpaired) electrons. The molecule has 33 heavy (non-hydrogen) atoms. The number of rotatable bonds is 7. The van der Waals surface area contributed by atoms with Gasteiger partial charge < -0.3 is 27.4 Å². The summed E-state index contributed by atoms with van der Waals surface area (Å²) >= 11 is 2.26. The number of aromatic nitrogens is 1. The van der Waals surface area contributed by atoms with Crippen LogP contribution in [0, 0.1) is 17.4 Å². The van der Waals surface area contributed by atoms with E-state index in [1.807, 2.05) is 52.0 Å². The van der Waals surface area contributed by atoms with Gasteiger partial charge in [0.15, 0.2) is 11.4 Å². The summed E-state index contributed by atoms with van der Waals surface area (Å²) in [4.78, 5) is 0. The van der Waals surface area contributed by atoms with Gasteiger partial charge in [-0.25, -0.2) is 0 Å². The number of allylic oxidation sites excluding steroid dienone is 1. The van der Waals surface area contributed by atoms with Crippen molar-refractivity contribution >= 4 is 40.8 Å². The lowest BCUT2D eigenvalue weighted by molar-refractivity contribution is -0.365. The first kappa shape index (κ1) is 24.4. The SMILES string of the molecule is CCC1=C(C)C2=C(c3ccc(I)cc3)c3c(C)c(CC)c(C)n3[B-](F)(F)[N+]2=C1COCCO. The van der Waals surface area contributed by atoms with Crippen LogP contribution in [0.5, 0.6) is 0 Å². The molecule has 0 bridgehead atoms. The zero-order valence-corrected chi connectivity index (χ0v) is 22.0. The lowest BCUT2D eigenvalue weighted by atomic mass is 9.83. The predicted octanol–water partition coefficient (Wildman–Crippen LogP) is 5.47. The molecule has 8 heteroatoms. The Kier molecular flexibility index (Phi) is 6.72. The third-order valence-electron chi connectivity index (χ3n) is 6.94. The Morgan fingerprint density at radius 1 is 1.09 bits per heavy atom. The number of ether oxygens (including phenoxy) is 1. The number of aliphatic hydroxyl groups excluding tert-OH is 1. The molecule has 0 saturated carbocycles. The summed E-state index contributed by atoms with van der Waals surface area (Å²) < 4.78 is 42.2. The summed E-state index contributed by atoms with van der Waals surface area (Å²) in [5.41, 5.74) is 7.77. The molecule has 3 heterocycles. The van der Waals surface area contributed by atoms with E-state index >= 15 is 8.63 Å². The Hall–Kier alpha value is -1.78. The maximum Gasteiger partial charge on any atom is 0.737 e. The fourth-order valence-corrected chi connectivity index (χ4v) is 5.93. The second-order valence-corrected chi connectivity index (χ2v) is 9.88. The fraction of sp³-hybridized carbons (Fsp3) is 0.400. The summed E-state index contributed by atoms with van der Waals surface area (Å²) in [5, 5.41) is 9.17. The maximum absolute atomic E-state index is 16.5. The van der Waals surface area contributed by atoms with E-state index in [0.717, 1.165) is 37.0 Å². The fourth-order valence-electron chi connectivity index (χ4n) is 5.57. The Labute approximate surface area is 207 Å². The number of nitrogens with zero attached hydrogens (tertiary/aromatic N) is 2. The minimum absolute atomic E-state index is 0.0388.